The molecule has 3 rings (SSSR count). The van der Waals surface area contributed by atoms with E-state index in [0.29, 0.717) is 6.04 Å². The van der Waals surface area contributed by atoms with Gasteiger partial charge < -0.3 is 20.3 Å². The maximum Gasteiger partial charge on any atom is 0.191 e. The van der Waals surface area contributed by atoms with Gasteiger partial charge in [-0.2, -0.15) is 0 Å². The molecule has 0 aliphatic carbocycles. The third kappa shape index (κ3) is 9.66. The summed E-state index contributed by atoms with van der Waals surface area (Å²) in [6.45, 7) is 11.1. The van der Waals surface area contributed by atoms with Crippen LogP contribution in [0.1, 0.15) is 51.5 Å². The van der Waals surface area contributed by atoms with Crippen molar-refractivity contribution in [2.45, 2.75) is 58.4 Å². The van der Waals surface area contributed by atoms with E-state index >= 15 is 0 Å². The first-order valence-electron chi connectivity index (χ1n) is 11.9. The van der Waals surface area contributed by atoms with Gasteiger partial charge in [0.25, 0.3) is 0 Å². The fraction of sp³-hybridized carbons (Fsp3) is 0.720. The molecule has 0 radical (unpaired) electrons. The second-order valence-electron chi connectivity index (χ2n) is 9.88. The third-order valence-corrected chi connectivity index (χ3v) is 6.59. The van der Waals surface area contributed by atoms with Crippen LogP contribution in [0.2, 0.25) is 0 Å². The molecule has 176 valence electrons. The molecule has 1 unspecified atom stereocenters. The minimum absolute atomic E-state index is 0. The van der Waals surface area contributed by atoms with Gasteiger partial charge in [0.1, 0.15) is 0 Å². The van der Waals surface area contributed by atoms with E-state index in [0.717, 1.165) is 38.1 Å². The maximum absolute atomic E-state index is 5.53. The summed E-state index contributed by atoms with van der Waals surface area (Å²) in [7, 11) is 1.88. The van der Waals surface area contributed by atoms with Gasteiger partial charge in [0.2, 0.25) is 0 Å². The first kappa shape index (κ1) is 26.4. The lowest BCUT2D eigenvalue weighted by atomic mass is 9.86. The number of halogens is 1. The Labute approximate surface area is 206 Å². The number of ether oxygens (including phenoxy) is 1. The second kappa shape index (κ2) is 13.6. The highest BCUT2D eigenvalue weighted by Crippen LogP contribution is 2.23. The van der Waals surface area contributed by atoms with E-state index in [1.54, 1.807) is 0 Å². The van der Waals surface area contributed by atoms with Gasteiger partial charge in [-0.05, 0) is 55.4 Å². The van der Waals surface area contributed by atoms with Gasteiger partial charge >= 0.3 is 0 Å². The third-order valence-electron chi connectivity index (χ3n) is 6.59. The quantitative estimate of drug-likeness (QED) is 0.277. The van der Waals surface area contributed by atoms with Crippen LogP contribution in [-0.2, 0) is 11.2 Å². The van der Waals surface area contributed by atoms with Gasteiger partial charge in [0.05, 0.1) is 6.61 Å². The van der Waals surface area contributed by atoms with Crippen LogP contribution >= 0.6 is 24.0 Å². The molecule has 0 aromatic heterocycles. The standard InChI is InChI=1S/C25H42N4O.HI/c1-25(2,14-7-10-21-8-5-4-6-9-21)20-27-24(26-3)28-23-11-15-29(16-12-23)18-22-13-17-30-19-22;/h4-6,8-9,22-23H,7,10-20H2,1-3H3,(H2,26,27,28);1H. The Morgan fingerprint density at radius 2 is 1.90 bits per heavy atom. The summed E-state index contributed by atoms with van der Waals surface area (Å²) in [5.74, 6) is 1.70. The van der Waals surface area contributed by atoms with Crippen molar-refractivity contribution in [3.8, 4) is 0 Å². The lowest BCUT2D eigenvalue weighted by Crippen LogP contribution is -2.50. The second-order valence-corrected chi connectivity index (χ2v) is 9.88. The topological polar surface area (TPSA) is 48.9 Å². The van der Waals surface area contributed by atoms with Crippen LogP contribution in [0, 0.1) is 11.3 Å². The molecule has 1 aromatic rings. The highest BCUT2D eigenvalue weighted by Gasteiger charge is 2.25. The number of nitrogens with zero attached hydrogens (tertiary/aromatic N) is 2. The van der Waals surface area contributed by atoms with E-state index in [2.05, 4.69) is 64.7 Å². The average Bonchev–Trinajstić information content (AvgIpc) is 3.26. The molecule has 2 fully saturated rings. The predicted octanol–water partition coefficient (Wildman–Crippen LogP) is 4.32. The maximum atomic E-state index is 5.53. The monoisotopic (exact) mass is 542 g/mol. The SMILES string of the molecule is CN=C(NCC(C)(C)CCCc1ccccc1)NC1CCN(CC2CCOC2)CC1.I. The fourth-order valence-corrected chi connectivity index (χ4v) is 4.57. The van der Waals surface area contributed by atoms with Crippen molar-refractivity contribution in [1.29, 1.82) is 0 Å². The van der Waals surface area contributed by atoms with Gasteiger partial charge in [0.15, 0.2) is 5.96 Å². The van der Waals surface area contributed by atoms with E-state index in [1.807, 2.05) is 7.05 Å². The summed E-state index contributed by atoms with van der Waals surface area (Å²) in [4.78, 5) is 7.09. The van der Waals surface area contributed by atoms with Crippen molar-refractivity contribution in [3.05, 3.63) is 35.9 Å². The first-order chi connectivity index (χ1) is 14.5. The highest BCUT2D eigenvalue weighted by molar-refractivity contribution is 14.0. The van der Waals surface area contributed by atoms with Crippen molar-refractivity contribution in [2.24, 2.45) is 16.3 Å². The van der Waals surface area contributed by atoms with E-state index in [-0.39, 0.29) is 29.4 Å². The Bertz CT molecular complexity index is 638. The van der Waals surface area contributed by atoms with E-state index < -0.39 is 0 Å². The van der Waals surface area contributed by atoms with Crippen molar-refractivity contribution in [1.82, 2.24) is 15.5 Å². The number of piperidine rings is 1. The van der Waals surface area contributed by atoms with E-state index in [9.17, 15) is 0 Å². The molecule has 1 aromatic carbocycles. The normalized spacial score (nSPS) is 21.0. The zero-order valence-electron chi connectivity index (χ0n) is 19.7. The summed E-state index contributed by atoms with van der Waals surface area (Å²) in [6, 6.07) is 11.3. The number of aryl methyl sites for hydroxylation is 1. The molecule has 5 nitrogen and oxygen atoms in total. The molecular formula is C25H43IN4O. The molecule has 0 amide bonds. The number of benzene rings is 1. The van der Waals surface area contributed by atoms with Crippen molar-refractivity contribution >= 4 is 29.9 Å². The van der Waals surface area contributed by atoms with Crippen LogP contribution < -0.4 is 10.6 Å². The molecule has 2 aliphatic heterocycles. The van der Waals surface area contributed by atoms with Gasteiger partial charge in [-0.25, -0.2) is 0 Å². The minimum atomic E-state index is 0. The number of rotatable bonds is 9. The van der Waals surface area contributed by atoms with Gasteiger partial charge in [-0.1, -0.05) is 44.2 Å². The molecule has 0 spiro atoms. The largest absolute Gasteiger partial charge is 0.381 e. The molecule has 2 heterocycles. The zero-order valence-corrected chi connectivity index (χ0v) is 22.1. The summed E-state index contributed by atoms with van der Waals surface area (Å²) < 4.78 is 5.53. The molecule has 1 atom stereocenters. The van der Waals surface area contributed by atoms with E-state index in [4.69, 9.17) is 4.74 Å². The molecule has 2 saturated heterocycles. The van der Waals surface area contributed by atoms with Gasteiger partial charge in [0, 0.05) is 45.9 Å². The molecule has 6 heteroatoms. The Kier molecular flexibility index (Phi) is 11.6. The number of hydrogen-bond donors (Lipinski definition) is 2. The molecule has 2 aliphatic rings. The Hall–Kier alpha value is -0.860. The van der Waals surface area contributed by atoms with Gasteiger partial charge in [-0.3, -0.25) is 4.99 Å². The highest BCUT2D eigenvalue weighted by atomic mass is 127. The van der Waals surface area contributed by atoms with Gasteiger partial charge in [-0.15, -0.1) is 24.0 Å². The lowest BCUT2D eigenvalue weighted by Gasteiger charge is -2.34. The van der Waals surface area contributed by atoms with Crippen molar-refractivity contribution in [2.75, 3.05) is 46.4 Å². The van der Waals surface area contributed by atoms with Crippen LogP contribution in [0.15, 0.2) is 35.3 Å². The number of hydrogen-bond acceptors (Lipinski definition) is 3. The average molecular weight is 543 g/mol. The first-order valence-corrected chi connectivity index (χ1v) is 11.9. The Morgan fingerprint density at radius 3 is 2.55 bits per heavy atom. The molecule has 0 bridgehead atoms. The van der Waals surface area contributed by atoms with Crippen molar-refractivity contribution < 1.29 is 4.74 Å². The predicted molar refractivity (Wildman–Crippen MR) is 141 cm³/mol. The van der Waals surface area contributed by atoms with Crippen LogP contribution in [0.3, 0.4) is 0 Å². The number of aliphatic imine (C=N–C) groups is 1. The molecule has 0 saturated carbocycles. The number of nitrogens with one attached hydrogen (secondary N) is 2. The van der Waals surface area contributed by atoms with Crippen LogP contribution in [0.5, 0.6) is 0 Å². The summed E-state index contributed by atoms with van der Waals surface area (Å²) >= 11 is 0. The van der Waals surface area contributed by atoms with Crippen LogP contribution in [0.25, 0.3) is 0 Å². The minimum Gasteiger partial charge on any atom is -0.381 e. The summed E-state index contributed by atoms with van der Waals surface area (Å²) in [6.07, 6.45) is 7.19. The number of likely N-dealkylation sites (tertiary alicyclic amines) is 1. The zero-order chi connectivity index (χ0) is 21.2. The smallest absolute Gasteiger partial charge is 0.191 e. The lowest BCUT2D eigenvalue weighted by molar-refractivity contribution is 0.150. The molecular weight excluding hydrogens is 499 g/mol. The Balaban J connectivity index is 0.00000341. The van der Waals surface area contributed by atoms with Crippen LogP contribution in [-0.4, -0.2) is 63.3 Å². The van der Waals surface area contributed by atoms with E-state index in [1.165, 1.54) is 57.3 Å². The molecule has 2 N–H and O–H groups in total. The summed E-state index contributed by atoms with van der Waals surface area (Å²) in [5.41, 5.74) is 1.68. The summed E-state index contributed by atoms with van der Waals surface area (Å²) in [5, 5.41) is 7.25. The Morgan fingerprint density at radius 1 is 1.16 bits per heavy atom. The van der Waals surface area contributed by atoms with Crippen molar-refractivity contribution in [3.63, 3.8) is 0 Å². The van der Waals surface area contributed by atoms with Crippen LogP contribution in [0.4, 0.5) is 0 Å². The molecule has 31 heavy (non-hydrogen) atoms. The fourth-order valence-electron chi connectivity index (χ4n) is 4.57. The number of guanidine groups is 1.